The fourth-order valence-electron chi connectivity index (χ4n) is 2.49. The maximum atomic E-state index is 10.9. The molecule has 1 aliphatic heterocycles. The molecular formula is C16H23NO4. The fraction of sp³-hybridized carbons (Fsp3) is 0.562. The molecule has 1 aromatic rings. The van der Waals surface area contributed by atoms with Gasteiger partial charge in [0, 0.05) is 26.1 Å². The van der Waals surface area contributed by atoms with E-state index in [2.05, 4.69) is 5.32 Å². The second kappa shape index (κ2) is 6.56. The third kappa shape index (κ3) is 3.81. The molecule has 1 saturated heterocycles. The number of hydrogen-bond acceptors (Lipinski definition) is 4. The number of carboxylic acids is 1. The van der Waals surface area contributed by atoms with Crippen molar-refractivity contribution >= 4 is 5.97 Å². The van der Waals surface area contributed by atoms with E-state index in [4.69, 9.17) is 9.84 Å². The Morgan fingerprint density at radius 2 is 2.14 bits per heavy atom. The summed E-state index contributed by atoms with van der Waals surface area (Å²) in [4.78, 5) is 10.9. The Kier molecular flexibility index (Phi) is 4.98. The van der Waals surface area contributed by atoms with Crippen molar-refractivity contribution in [2.75, 3.05) is 13.2 Å². The van der Waals surface area contributed by atoms with E-state index in [1.54, 1.807) is 6.92 Å². The summed E-state index contributed by atoms with van der Waals surface area (Å²) >= 11 is 0. The number of aliphatic carboxylic acids is 1. The summed E-state index contributed by atoms with van der Waals surface area (Å²) < 4.78 is 5.39. The van der Waals surface area contributed by atoms with Crippen LogP contribution in [0.1, 0.15) is 37.3 Å². The lowest BCUT2D eigenvalue weighted by molar-refractivity contribution is -0.138. The molecule has 0 aromatic heterocycles. The minimum absolute atomic E-state index is 0.149. The number of hydrogen-bond donors (Lipinski definition) is 3. The topological polar surface area (TPSA) is 78.8 Å². The normalized spacial score (nSPS) is 26.7. The summed E-state index contributed by atoms with van der Waals surface area (Å²) in [6.45, 7) is 5.28. The van der Waals surface area contributed by atoms with Gasteiger partial charge in [0.05, 0.1) is 12.0 Å². The molecule has 0 spiro atoms. The van der Waals surface area contributed by atoms with E-state index in [-0.39, 0.29) is 6.10 Å². The van der Waals surface area contributed by atoms with Crippen molar-refractivity contribution in [3.8, 4) is 0 Å². The molecule has 5 heteroatoms. The second-order valence-electron chi connectivity index (χ2n) is 5.77. The molecule has 3 atom stereocenters. The SMILES string of the molecule is CC(C(=O)O)c1ccc(CNCC2(O)CCOC2C)cc1. The zero-order valence-corrected chi connectivity index (χ0v) is 12.5. The molecule has 5 nitrogen and oxygen atoms in total. The van der Waals surface area contributed by atoms with Gasteiger partial charge in [-0.15, -0.1) is 0 Å². The van der Waals surface area contributed by atoms with Gasteiger partial charge in [-0.3, -0.25) is 4.79 Å². The molecule has 1 heterocycles. The van der Waals surface area contributed by atoms with E-state index in [0.717, 1.165) is 11.1 Å². The molecule has 1 fully saturated rings. The highest BCUT2D eigenvalue weighted by atomic mass is 16.5. The van der Waals surface area contributed by atoms with Crippen LogP contribution < -0.4 is 5.32 Å². The number of benzene rings is 1. The number of carboxylic acid groups (broad SMARTS) is 1. The van der Waals surface area contributed by atoms with Gasteiger partial charge in [0.15, 0.2) is 0 Å². The van der Waals surface area contributed by atoms with E-state index in [1.807, 2.05) is 31.2 Å². The summed E-state index contributed by atoms with van der Waals surface area (Å²) in [5.74, 6) is -1.32. The first kappa shape index (κ1) is 15.9. The van der Waals surface area contributed by atoms with Crippen LogP contribution in [0.5, 0.6) is 0 Å². The van der Waals surface area contributed by atoms with E-state index >= 15 is 0 Å². The van der Waals surface area contributed by atoms with Gasteiger partial charge < -0.3 is 20.3 Å². The van der Waals surface area contributed by atoms with Crippen LogP contribution in [0, 0.1) is 0 Å². The lowest BCUT2D eigenvalue weighted by Gasteiger charge is -2.26. The van der Waals surface area contributed by atoms with Gasteiger partial charge in [0.1, 0.15) is 5.60 Å². The van der Waals surface area contributed by atoms with Gasteiger partial charge in [-0.25, -0.2) is 0 Å². The first-order valence-corrected chi connectivity index (χ1v) is 7.29. The van der Waals surface area contributed by atoms with E-state index in [9.17, 15) is 9.90 Å². The molecule has 21 heavy (non-hydrogen) atoms. The molecule has 116 valence electrons. The van der Waals surface area contributed by atoms with Crippen LogP contribution in [0.2, 0.25) is 0 Å². The first-order chi connectivity index (χ1) is 9.92. The third-order valence-corrected chi connectivity index (χ3v) is 4.27. The standard InChI is InChI=1S/C16H23NO4/c1-11(15(18)19)14-5-3-13(4-6-14)9-17-10-16(20)7-8-21-12(16)2/h3-6,11-12,17,20H,7-10H2,1-2H3,(H,18,19). The minimum Gasteiger partial charge on any atom is -0.481 e. The van der Waals surface area contributed by atoms with Crippen molar-refractivity contribution in [1.29, 1.82) is 0 Å². The van der Waals surface area contributed by atoms with Gasteiger partial charge in [0.2, 0.25) is 0 Å². The highest BCUT2D eigenvalue weighted by Gasteiger charge is 2.38. The quantitative estimate of drug-likeness (QED) is 0.741. The van der Waals surface area contributed by atoms with E-state index in [1.165, 1.54) is 0 Å². The smallest absolute Gasteiger partial charge is 0.310 e. The van der Waals surface area contributed by atoms with Crippen molar-refractivity contribution in [2.24, 2.45) is 0 Å². The summed E-state index contributed by atoms with van der Waals surface area (Å²) in [6.07, 6.45) is 0.500. The third-order valence-electron chi connectivity index (χ3n) is 4.27. The first-order valence-electron chi connectivity index (χ1n) is 7.29. The van der Waals surface area contributed by atoms with Crippen molar-refractivity contribution in [3.63, 3.8) is 0 Å². The van der Waals surface area contributed by atoms with Crippen LogP contribution in [0.4, 0.5) is 0 Å². The molecular weight excluding hydrogens is 270 g/mol. The number of aliphatic hydroxyl groups is 1. The summed E-state index contributed by atoms with van der Waals surface area (Å²) in [5, 5.41) is 22.6. The average Bonchev–Trinajstić information content (AvgIpc) is 2.78. The Hall–Kier alpha value is -1.43. The van der Waals surface area contributed by atoms with Crippen LogP contribution in [0.25, 0.3) is 0 Å². The maximum Gasteiger partial charge on any atom is 0.310 e. The Morgan fingerprint density at radius 1 is 1.48 bits per heavy atom. The van der Waals surface area contributed by atoms with Crippen LogP contribution in [-0.2, 0) is 16.1 Å². The number of carbonyl (C=O) groups is 1. The largest absolute Gasteiger partial charge is 0.481 e. The van der Waals surface area contributed by atoms with Crippen LogP contribution in [-0.4, -0.2) is 41.0 Å². The molecule has 0 radical (unpaired) electrons. The molecule has 1 aliphatic rings. The number of rotatable bonds is 6. The molecule has 3 unspecified atom stereocenters. The van der Waals surface area contributed by atoms with E-state index in [0.29, 0.717) is 26.1 Å². The zero-order valence-electron chi connectivity index (χ0n) is 12.5. The van der Waals surface area contributed by atoms with Crippen molar-refractivity contribution < 1.29 is 19.7 Å². The zero-order chi connectivity index (χ0) is 15.5. The van der Waals surface area contributed by atoms with Crippen molar-refractivity contribution in [1.82, 2.24) is 5.32 Å². The van der Waals surface area contributed by atoms with Crippen LogP contribution >= 0.6 is 0 Å². The Balaban J connectivity index is 1.85. The second-order valence-corrected chi connectivity index (χ2v) is 5.77. The van der Waals surface area contributed by atoms with Gasteiger partial charge in [-0.2, -0.15) is 0 Å². The molecule has 0 saturated carbocycles. The molecule has 1 aromatic carbocycles. The van der Waals surface area contributed by atoms with Gasteiger partial charge in [0.25, 0.3) is 0 Å². The van der Waals surface area contributed by atoms with Gasteiger partial charge in [-0.1, -0.05) is 24.3 Å². The average molecular weight is 293 g/mol. The number of nitrogens with one attached hydrogen (secondary N) is 1. The molecule has 0 amide bonds. The Labute approximate surface area is 124 Å². The minimum atomic E-state index is -0.821. The predicted molar refractivity (Wildman–Crippen MR) is 79.2 cm³/mol. The highest BCUT2D eigenvalue weighted by molar-refractivity contribution is 5.75. The predicted octanol–water partition coefficient (Wildman–Crippen LogP) is 1.50. The maximum absolute atomic E-state index is 10.9. The van der Waals surface area contributed by atoms with Crippen LogP contribution in [0.3, 0.4) is 0 Å². The van der Waals surface area contributed by atoms with Gasteiger partial charge >= 0.3 is 5.97 Å². The van der Waals surface area contributed by atoms with Crippen molar-refractivity contribution in [2.45, 2.75) is 44.4 Å². The summed E-state index contributed by atoms with van der Waals surface area (Å²) in [6, 6.07) is 7.51. The Bertz CT molecular complexity index is 488. The summed E-state index contributed by atoms with van der Waals surface area (Å²) in [7, 11) is 0. The van der Waals surface area contributed by atoms with Gasteiger partial charge in [-0.05, 0) is 25.0 Å². The number of ether oxygens (including phenoxy) is 1. The van der Waals surface area contributed by atoms with Crippen LogP contribution in [0.15, 0.2) is 24.3 Å². The summed E-state index contributed by atoms with van der Waals surface area (Å²) in [5.41, 5.74) is 1.06. The molecule has 0 bridgehead atoms. The molecule has 3 N–H and O–H groups in total. The lowest BCUT2D eigenvalue weighted by Crippen LogP contribution is -2.45. The van der Waals surface area contributed by atoms with Crippen molar-refractivity contribution in [3.05, 3.63) is 35.4 Å². The Morgan fingerprint density at radius 3 is 2.67 bits per heavy atom. The molecule has 0 aliphatic carbocycles. The lowest BCUT2D eigenvalue weighted by atomic mass is 9.96. The highest BCUT2D eigenvalue weighted by Crippen LogP contribution is 2.24. The fourth-order valence-corrected chi connectivity index (χ4v) is 2.49. The monoisotopic (exact) mass is 293 g/mol. The molecule has 2 rings (SSSR count). The van der Waals surface area contributed by atoms with E-state index < -0.39 is 17.5 Å².